The molecule has 0 radical (unpaired) electrons. The molecule has 2 rings (SSSR count). The van der Waals surface area contributed by atoms with E-state index >= 15 is 0 Å². The summed E-state index contributed by atoms with van der Waals surface area (Å²) in [5.74, 6) is 1.42. The van der Waals surface area contributed by atoms with Crippen molar-refractivity contribution in [2.75, 3.05) is 12.4 Å². The fourth-order valence-electron chi connectivity index (χ4n) is 1.94. The number of carbonyl (C=O) groups is 1. The Balaban J connectivity index is 1.91. The third-order valence-corrected chi connectivity index (χ3v) is 3.07. The lowest BCUT2D eigenvalue weighted by Gasteiger charge is -2.09. The van der Waals surface area contributed by atoms with E-state index < -0.39 is 0 Å². The minimum absolute atomic E-state index is 0.139. The number of anilines is 1. The van der Waals surface area contributed by atoms with Gasteiger partial charge in [0.05, 0.1) is 12.7 Å². The molecule has 2 aromatic rings. The summed E-state index contributed by atoms with van der Waals surface area (Å²) in [6.07, 6.45) is 1.58. The van der Waals surface area contributed by atoms with Crippen LogP contribution in [0.15, 0.2) is 42.6 Å². The van der Waals surface area contributed by atoms with Gasteiger partial charge in [0.15, 0.2) is 0 Å². The minimum atomic E-state index is -0.139. The Morgan fingerprint density at radius 3 is 2.45 bits per heavy atom. The Bertz CT molecular complexity index is 607. The molecule has 1 aromatic carbocycles. The van der Waals surface area contributed by atoms with Crippen LogP contribution in [0.5, 0.6) is 5.75 Å². The second-order valence-electron chi connectivity index (χ2n) is 5.26. The van der Waals surface area contributed by atoms with Crippen LogP contribution in [0.25, 0.3) is 0 Å². The van der Waals surface area contributed by atoms with Crippen LogP contribution in [0.2, 0.25) is 0 Å². The number of ether oxygens (including phenoxy) is 1. The van der Waals surface area contributed by atoms with Crippen LogP contribution in [0, 0.1) is 0 Å². The number of nitrogens with zero attached hydrogens (tertiary/aromatic N) is 1. The summed E-state index contributed by atoms with van der Waals surface area (Å²) in [4.78, 5) is 16.3. The highest BCUT2D eigenvalue weighted by atomic mass is 16.5. The molecule has 0 fully saturated rings. The van der Waals surface area contributed by atoms with Crippen molar-refractivity contribution in [3.8, 4) is 5.75 Å². The molecule has 0 bridgehead atoms. The molecule has 0 spiro atoms. The lowest BCUT2D eigenvalue weighted by Crippen LogP contribution is -2.23. The van der Waals surface area contributed by atoms with Gasteiger partial charge in [0, 0.05) is 18.8 Å². The maximum atomic E-state index is 12.1. The van der Waals surface area contributed by atoms with E-state index in [-0.39, 0.29) is 5.91 Å². The van der Waals surface area contributed by atoms with E-state index in [1.165, 1.54) is 0 Å². The predicted molar refractivity (Wildman–Crippen MR) is 87.2 cm³/mol. The zero-order valence-electron chi connectivity index (χ0n) is 13.1. The molecular weight excluding hydrogens is 278 g/mol. The van der Waals surface area contributed by atoms with Crippen molar-refractivity contribution in [2.24, 2.45) is 0 Å². The molecule has 1 aromatic heterocycles. The van der Waals surface area contributed by atoms with E-state index in [9.17, 15) is 4.79 Å². The van der Waals surface area contributed by atoms with Gasteiger partial charge in [-0.1, -0.05) is 12.1 Å². The molecule has 0 aliphatic heterocycles. The molecule has 116 valence electrons. The lowest BCUT2D eigenvalue weighted by atomic mass is 10.2. The summed E-state index contributed by atoms with van der Waals surface area (Å²) < 4.78 is 5.10. The number of amides is 1. The van der Waals surface area contributed by atoms with Crippen molar-refractivity contribution < 1.29 is 9.53 Å². The summed E-state index contributed by atoms with van der Waals surface area (Å²) in [7, 11) is 1.63. The number of rotatable bonds is 6. The second-order valence-corrected chi connectivity index (χ2v) is 5.26. The number of carbonyl (C=O) groups excluding carboxylic acids is 1. The van der Waals surface area contributed by atoms with Crippen LogP contribution < -0.4 is 15.4 Å². The summed E-state index contributed by atoms with van der Waals surface area (Å²) in [5, 5.41) is 6.06. The van der Waals surface area contributed by atoms with Crippen molar-refractivity contribution in [3.63, 3.8) is 0 Å². The van der Waals surface area contributed by atoms with E-state index in [4.69, 9.17) is 4.74 Å². The number of nitrogens with one attached hydrogen (secondary N) is 2. The zero-order valence-corrected chi connectivity index (χ0v) is 13.1. The molecule has 2 N–H and O–H groups in total. The van der Waals surface area contributed by atoms with Gasteiger partial charge < -0.3 is 15.4 Å². The highest BCUT2D eigenvalue weighted by Gasteiger charge is 2.06. The van der Waals surface area contributed by atoms with Gasteiger partial charge in [-0.3, -0.25) is 4.79 Å². The number of benzene rings is 1. The molecule has 5 heteroatoms. The SMILES string of the molecule is COc1ccc(CNC(=O)c2ccc(NC(C)C)nc2)cc1. The smallest absolute Gasteiger partial charge is 0.253 e. The number of hydrogen-bond acceptors (Lipinski definition) is 4. The van der Waals surface area contributed by atoms with Crippen LogP contribution in [-0.2, 0) is 6.54 Å². The molecule has 1 heterocycles. The van der Waals surface area contributed by atoms with Crippen molar-refractivity contribution in [3.05, 3.63) is 53.7 Å². The minimum Gasteiger partial charge on any atom is -0.497 e. The Hall–Kier alpha value is -2.56. The molecule has 22 heavy (non-hydrogen) atoms. The van der Waals surface area contributed by atoms with Gasteiger partial charge in [-0.25, -0.2) is 4.98 Å². The van der Waals surface area contributed by atoms with Crippen molar-refractivity contribution in [2.45, 2.75) is 26.4 Å². The molecular formula is C17H21N3O2. The molecule has 0 atom stereocenters. The quantitative estimate of drug-likeness (QED) is 0.861. The van der Waals surface area contributed by atoms with Crippen molar-refractivity contribution in [1.29, 1.82) is 0 Å². The molecule has 1 amide bonds. The first-order valence-corrected chi connectivity index (χ1v) is 7.22. The van der Waals surface area contributed by atoms with Crippen LogP contribution >= 0.6 is 0 Å². The highest BCUT2D eigenvalue weighted by molar-refractivity contribution is 5.94. The third-order valence-electron chi connectivity index (χ3n) is 3.07. The van der Waals surface area contributed by atoms with E-state index in [0.29, 0.717) is 18.2 Å². The van der Waals surface area contributed by atoms with E-state index in [1.807, 2.05) is 44.2 Å². The first-order valence-electron chi connectivity index (χ1n) is 7.22. The maximum Gasteiger partial charge on any atom is 0.253 e. The first-order chi connectivity index (χ1) is 10.6. The van der Waals surface area contributed by atoms with E-state index in [1.54, 1.807) is 19.4 Å². The summed E-state index contributed by atoms with van der Waals surface area (Å²) in [5.41, 5.74) is 1.56. The highest BCUT2D eigenvalue weighted by Crippen LogP contribution is 2.11. The van der Waals surface area contributed by atoms with Crippen LogP contribution in [0.1, 0.15) is 29.8 Å². The van der Waals surface area contributed by atoms with E-state index in [2.05, 4.69) is 15.6 Å². The number of methoxy groups -OCH3 is 1. The molecule has 0 aliphatic carbocycles. The molecule has 0 saturated carbocycles. The largest absolute Gasteiger partial charge is 0.497 e. The normalized spacial score (nSPS) is 10.4. The van der Waals surface area contributed by atoms with Gasteiger partial charge in [0.25, 0.3) is 5.91 Å². The predicted octanol–water partition coefficient (Wildman–Crippen LogP) is 2.84. The van der Waals surface area contributed by atoms with Crippen LogP contribution in [-0.4, -0.2) is 24.0 Å². The van der Waals surface area contributed by atoms with Gasteiger partial charge in [-0.05, 0) is 43.7 Å². The average molecular weight is 299 g/mol. The standard InChI is InChI=1S/C17H21N3O2/c1-12(2)20-16-9-6-14(11-18-16)17(21)19-10-13-4-7-15(22-3)8-5-13/h4-9,11-12H,10H2,1-3H3,(H,18,20)(H,19,21). The Labute approximate surface area is 130 Å². The second kappa shape index (κ2) is 7.45. The van der Waals surface area contributed by atoms with Crippen molar-refractivity contribution in [1.82, 2.24) is 10.3 Å². The van der Waals surface area contributed by atoms with Gasteiger partial charge in [0.1, 0.15) is 11.6 Å². The fraction of sp³-hybridized carbons (Fsp3) is 0.294. The Morgan fingerprint density at radius 2 is 1.91 bits per heavy atom. The Kier molecular flexibility index (Phi) is 5.36. The first kappa shape index (κ1) is 15.8. The zero-order chi connectivity index (χ0) is 15.9. The van der Waals surface area contributed by atoms with Crippen molar-refractivity contribution >= 4 is 11.7 Å². The fourth-order valence-corrected chi connectivity index (χ4v) is 1.94. The Morgan fingerprint density at radius 1 is 1.18 bits per heavy atom. The lowest BCUT2D eigenvalue weighted by molar-refractivity contribution is 0.0950. The molecule has 0 saturated heterocycles. The van der Waals surface area contributed by atoms with Gasteiger partial charge in [0.2, 0.25) is 0 Å². The van der Waals surface area contributed by atoms with Gasteiger partial charge >= 0.3 is 0 Å². The van der Waals surface area contributed by atoms with E-state index in [0.717, 1.165) is 17.1 Å². The molecule has 0 unspecified atom stereocenters. The van der Waals surface area contributed by atoms with Gasteiger partial charge in [-0.15, -0.1) is 0 Å². The number of hydrogen-bond donors (Lipinski definition) is 2. The van der Waals surface area contributed by atoms with Crippen LogP contribution in [0.3, 0.4) is 0 Å². The third kappa shape index (κ3) is 4.48. The molecule has 0 aliphatic rings. The van der Waals surface area contributed by atoms with Gasteiger partial charge in [-0.2, -0.15) is 0 Å². The maximum absolute atomic E-state index is 12.1. The summed E-state index contributed by atoms with van der Waals surface area (Å²) in [6, 6.07) is 11.5. The van der Waals surface area contributed by atoms with Crippen LogP contribution in [0.4, 0.5) is 5.82 Å². The number of aromatic nitrogens is 1. The monoisotopic (exact) mass is 299 g/mol. The number of pyridine rings is 1. The topological polar surface area (TPSA) is 63.2 Å². The average Bonchev–Trinajstić information content (AvgIpc) is 2.53. The molecule has 5 nitrogen and oxygen atoms in total. The summed E-state index contributed by atoms with van der Waals surface area (Å²) >= 11 is 0. The summed E-state index contributed by atoms with van der Waals surface area (Å²) in [6.45, 7) is 4.54.